The Bertz CT molecular complexity index is 1470. The molecule has 0 bridgehead atoms. The first-order valence-corrected chi connectivity index (χ1v) is 11.0. The quantitative estimate of drug-likeness (QED) is 0.378. The molecule has 33 heavy (non-hydrogen) atoms. The minimum atomic E-state index is -2.74. The van der Waals surface area contributed by atoms with Gasteiger partial charge in [0.2, 0.25) is 5.82 Å². The summed E-state index contributed by atoms with van der Waals surface area (Å²) in [6, 6.07) is 23.4. The van der Waals surface area contributed by atoms with Gasteiger partial charge in [-0.25, -0.2) is 13.8 Å². The third kappa shape index (κ3) is 3.19. The van der Waals surface area contributed by atoms with Gasteiger partial charge in [0, 0.05) is 16.7 Å². The van der Waals surface area contributed by atoms with E-state index in [9.17, 15) is 8.78 Å². The van der Waals surface area contributed by atoms with Gasteiger partial charge in [-0.1, -0.05) is 54.6 Å². The molecule has 6 rings (SSSR count). The molecule has 1 fully saturated rings. The first kappa shape index (κ1) is 19.9. The lowest BCUT2D eigenvalue weighted by atomic mass is 9.72. The standard InChI is InChI=1S/C26H21F2N5/c27-24(28)25-32-31-22-12-11-20-21(33(22)25)15-19(16-5-2-1-3-6-16)23(30-20)17-7-9-18(10-8-17)26(29)13-4-14-26/h1-3,5-12,15,24H,4,13-14,29H2. The van der Waals surface area contributed by atoms with Crippen molar-refractivity contribution in [2.75, 3.05) is 0 Å². The average molecular weight is 441 g/mol. The third-order valence-electron chi connectivity index (χ3n) is 6.63. The zero-order valence-electron chi connectivity index (χ0n) is 17.7. The van der Waals surface area contributed by atoms with Gasteiger partial charge in [0.05, 0.1) is 16.7 Å². The Labute approximate surface area is 188 Å². The number of nitrogens with two attached hydrogens (primary N) is 1. The summed E-state index contributed by atoms with van der Waals surface area (Å²) in [5.41, 5.74) is 12.4. The minimum absolute atomic E-state index is 0.233. The van der Waals surface area contributed by atoms with Crippen molar-refractivity contribution in [1.82, 2.24) is 19.6 Å². The van der Waals surface area contributed by atoms with Gasteiger partial charge in [0.1, 0.15) is 0 Å². The molecular weight excluding hydrogens is 420 g/mol. The van der Waals surface area contributed by atoms with Gasteiger partial charge in [-0.15, -0.1) is 10.2 Å². The Morgan fingerprint density at radius 3 is 2.30 bits per heavy atom. The molecule has 5 nitrogen and oxygen atoms in total. The van der Waals surface area contributed by atoms with Crippen molar-refractivity contribution in [2.24, 2.45) is 5.73 Å². The maximum Gasteiger partial charge on any atom is 0.297 e. The Balaban J connectivity index is 1.59. The lowest BCUT2D eigenvalue weighted by molar-refractivity contribution is 0.139. The van der Waals surface area contributed by atoms with Gasteiger partial charge in [0.15, 0.2) is 5.65 Å². The molecule has 164 valence electrons. The van der Waals surface area contributed by atoms with E-state index in [0.717, 1.165) is 47.2 Å². The van der Waals surface area contributed by atoms with Crippen LogP contribution >= 0.6 is 0 Å². The summed E-state index contributed by atoms with van der Waals surface area (Å²) in [4.78, 5) is 4.93. The van der Waals surface area contributed by atoms with Crippen LogP contribution in [0.2, 0.25) is 0 Å². The molecular formula is C26H21F2N5. The van der Waals surface area contributed by atoms with E-state index >= 15 is 0 Å². The van der Waals surface area contributed by atoms with Crippen LogP contribution in [0, 0.1) is 0 Å². The van der Waals surface area contributed by atoms with Crippen molar-refractivity contribution < 1.29 is 8.78 Å². The number of pyridine rings is 2. The Kier molecular flexibility index (Phi) is 4.48. The molecule has 5 aromatic rings. The lowest BCUT2D eigenvalue weighted by Gasteiger charge is -2.38. The monoisotopic (exact) mass is 441 g/mol. The number of benzene rings is 2. The van der Waals surface area contributed by atoms with Crippen LogP contribution in [0.1, 0.15) is 37.1 Å². The van der Waals surface area contributed by atoms with Crippen LogP contribution in [-0.4, -0.2) is 19.6 Å². The summed E-state index contributed by atoms with van der Waals surface area (Å²) in [5, 5.41) is 7.61. The second kappa shape index (κ2) is 7.42. The van der Waals surface area contributed by atoms with Crippen LogP contribution in [-0.2, 0) is 5.54 Å². The summed E-state index contributed by atoms with van der Waals surface area (Å²) >= 11 is 0. The summed E-state index contributed by atoms with van der Waals surface area (Å²) in [6.45, 7) is 0. The second-order valence-corrected chi connectivity index (χ2v) is 8.63. The summed E-state index contributed by atoms with van der Waals surface area (Å²) in [6.07, 6.45) is 0.406. The molecule has 0 saturated heterocycles. The molecule has 0 aliphatic heterocycles. The lowest BCUT2D eigenvalue weighted by Crippen LogP contribution is -2.43. The van der Waals surface area contributed by atoms with Crippen LogP contribution in [0.25, 0.3) is 39.1 Å². The first-order valence-electron chi connectivity index (χ1n) is 11.0. The summed E-state index contributed by atoms with van der Waals surface area (Å²) in [5.74, 6) is -0.387. The number of hydrogen-bond donors (Lipinski definition) is 1. The van der Waals surface area contributed by atoms with Gasteiger partial charge in [-0.2, -0.15) is 0 Å². The molecule has 1 saturated carbocycles. The molecule has 3 heterocycles. The van der Waals surface area contributed by atoms with E-state index in [4.69, 9.17) is 10.7 Å². The Morgan fingerprint density at radius 1 is 0.879 bits per heavy atom. The number of alkyl halides is 2. The molecule has 0 spiro atoms. The maximum absolute atomic E-state index is 13.6. The molecule has 2 aromatic carbocycles. The normalized spacial score (nSPS) is 15.3. The smallest absolute Gasteiger partial charge is 0.297 e. The fraction of sp³-hybridized carbons (Fsp3) is 0.192. The maximum atomic E-state index is 13.6. The van der Waals surface area contributed by atoms with Gasteiger partial charge < -0.3 is 5.73 Å². The zero-order valence-corrected chi connectivity index (χ0v) is 17.7. The molecule has 1 aliphatic rings. The molecule has 1 aliphatic carbocycles. The van der Waals surface area contributed by atoms with Crippen LogP contribution in [0.5, 0.6) is 0 Å². The molecule has 0 amide bonds. The summed E-state index contributed by atoms with van der Waals surface area (Å²) < 4.78 is 28.7. The van der Waals surface area contributed by atoms with E-state index in [2.05, 4.69) is 22.3 Å². The van der Waals surface area contributed by atoms with Crippen LogP contribution in [0.3, 0.4) is 0 Å². The molecule has 7 heteroatoms. The van der Waals surface area contributed by atoms with Crippen molar-refractivity contribution >= 4 is 16.7 Å². The largest absolute Gasteiger partial charge is 0.321 e. The van der Waals surface area contributed by atoms with Gasteiger partial charge in [-0.05, 0) is 48.6 Å². The first-order chi connectivity index (χ1) is 16.0. The van der Waals surface area contributed by atoms with Gasteiger partial charge in [-0.3, -0.25) is 4.40 Å². The highest BCUT2D eigenvalue weighted by atomic mass is 19.3. The number of aromatic nitrogens is 4. The highest BCUT2D eigenvalue weighted by Crippen LogP contribution is 2.40. The number of hydrogen-bond acceptors (Lipinski definition) is 4. The van der Waals surface area contributed by atoms with Crippen molar-refractivity contribution in [3.8, 4) is 22.4 Å². The van der Waals surface area contributed by atoms with E-state index in [1.807, 2.05) is 48.5 Å². The van der Waals surface area contributed by atoms with Crippen molar-refractivity contribution in [3.63, 3.8) is 0 Å². The second-order valence-electron chi connectivity index (χ2n) is 8.63. The van der Waals surface area contributed by atoms with E-state index in [1.54, 1.807) is 12.1 Å². The fourth-order valence-corrected chi connectivity index (χ4v) is 4.64. The number of rotatable bonds is 4. The Morgan fingerprint density at radius 2 is 1.64 bits per heavy atom. The van der Waals surface area contributed by atoms with Crippen LogP contribution in [0.15, 0.2) is 72.8 Å². The molecule has 0 radical (unpaired) electrons. The molecule has 0 unspecified atom stereocenters. The predicted molar refractivity (Wildman–Crippen MR) is 124 cm³/mol. The SMILES string of the molecule is NC1(c2ccc(-c3nc4ccc5nnc(C(F)F)n5c4cc3-c3ccccc3)cc2)CCC1. The van der Waals surface area contributed by atoms with Crippen LogP contribution < -0.4 is 5.73 Å². The number of halogens is 2. The zero-order chi connectivity index (χ0) is 22.6. The highest BCUT2D eigenvalue weighted by Gasteiger charge is 2.34. The fourth-order valence-electron chi connectivity index (χ4n) is 4.64. The van der Waals surface area contributed by atoms with Crippen molar-refractivity contribution in [1.29, 1.82) is 0 Å². The van der Waals surface area contributed by atoms with Crippen molar-refractivity contribution in [2.45, 2.75) is 31.2 Å². The van der Waals surface area contributed by atoms with E-state index in [1.165, 1.54) is 4.40 Å². The number of nitrogens with zero attached hydrogens (tertiary/aromatic N) is 4. The van der Waals surface area contributed by atoms with Gasteiger partial charge >= 0.3 is 0 Å². The topological polar surface area (TPSA) is 69.1 Å². The van der Waals surface area contributed by atoms with E-state index in [0.29, 0.717) is 16.7 Å². The number of fused-ring (bicyclic) bond motifs is 3. The third-order valence-corrected chi connectivity index (χ3v) is 6.63. The molecule has 0 atom stereocenters. The Hall–Kier alpha value is -3.71. The van der Waals surface area contributed by atoms with Crippen molar-refractivity contribution in [3.05, 3.63) is 84.2 Å². The minimum Gasteiger partial charge on any atom is -0.321 e. The molecule has 2 N–H and O–H groups in total. The molecule has 3 aromatic heterocycles. The van der Waals surface area contributed by atoms with E-state index in [-0.39, 0.29) is 11.4 Å². The average Bonchev–Trinajstić information content (AvgIpc) is 3.27. The van der Waals surface area contributed by atoms with E-state index < -0.39 is 6.43 Å². The van der Waals surface area contributed by atoms with Gasteiger partial charge in [0.25, 0.3) is 6.43 Å². The van der Waals surface area contributed by atoms with Crippen LogP contribution in [0.4, 0.5) is 8.78 Å². The highest BCUT2D eigenvalue weighted by molar-refractivity contribution is 5.91. The summed E-state index contributed by atoms with van der Waals surface area (Å²) in [7, 11) is 0. The predicted octanol–water partition coefficient (Wildman–Crippen LogP) is 5.89.